The minimum atomic E-state index is -1.04. The first kappa shape index (κ1) is 21.5. The predicted octanol–water partition coefficient (Wildman–Crippen LogP) is 4.60. The third-order valence-electron chi connectivity index (χ3n) is 5.14. The fourth-order valence-corrected chi connectivity index (χ4v) is 4.04. The van der Waals surface area contributed by atoms with Gasteiger partial charge in [-0.1, -0.05) is 36.4 Å². The molecule has 0 aliphatic rings. The highest BCUT2D eigenvalue weighted by Crippen LogP contribution is 2.26. The van der Waals surface area contributed by atoms with Gasteiger partial charge >= 0.3 is 6.09 Å². The van der Waals surface area contributed by atoms with Crippen molar-refractivity contribution in [3.05, 3.63) is 71.1 Å². The molecule has 0 saturated heterocycles. The number of unbranched alkanes of at least 4 members (excludes halogenated alkanes) is 1. The summed E-state index contributed by atoms with van der Waals surface area (Å²) < 4.78 is 0. The molecule has 8 nitrogen and oxygen atoms in total. The molecular formula is C23H23N5O3S. The Kier molecular flexibility index (Phi) is 6.76. The van der Waals surface area contributed by atoms with Gasteiger partial charge in [-0.2, -0.15) is 0 Å². The fourth-order valence-electron chi connectivity index (χ4n) is 3.52. The number of nitrogens with zero attached hydrogens (tertiary/aromatic N) is 2. The highest BCUT2D eigenvalue weighted by atomic mass is 32.1. The molecule has 164 valence electrons. The summed E-state index contributed by atoms with van der Waals surface area (Å²) in [5.74, 6) is 0.460. The third-order valence-corrected chi connectivity index (χ3v) is 5.92. The van der Waals surface area contributed by atoms with Gasteiger partial charge in [0.15, 0.2) is 0 Å². The number of hydrogen-bond acceptors (Lipinski definition) is 5. The second-order valence-corrected chi connectivity index (χ2v) is 8.25. The molecular weight excluding hydrogens is 426 g/mol. The Morgan fingerprint density at radius 2 is 1.94 bits per heavy atom. The second-order valence-electron chi connectivity index (χ2n) is 7.36. The van der Waals surface area contributed by atoms with Crippen LogP contribution in [0.5, 0.6) is 0 Å². The van der Waals surface area contributed by atoms with E-state index in [4.69, 9.17) is 5.11 Å². The summed E-state index contributed by atoms with van der Waals surface area (Å²) >= 11 is 1.28. The van der Waals surface area contributed by atoms with E-state index < -0.39 is 6.09 Å². The maximum Gasteiger partial charge on any atom is 0.404 e. The number of rotatable bonds is 9. The first-order chi connectivity index (χ1) is 15.6. The van der Waals surface area contributed by atoms with E-state index >= 15 is 0 Å². The number of hydrogen-bond donors (Lipinski definition) is 4. The van der Waals surface area contributed by atoms with Crippen LogP contribution in [0.3, 0.4) is 0 Å². The molecule has 2 aromatic carbocycles. The number of nitrogens with one attached hydrogen (secondary N) is 3. The van der Waals surface area contributed by atoms with Crippen molar-refractivity contribution in [1.82, 2.24) is 25.6 Å². The van der Waals surface area contributed by atoms with Gasteiger partial charge in [-0.3, -0.25) is 9.78 Å². The van der Waals surface area contributed by atoms with Crippen LogP contribution in [-0.2, 0) is 0 Å². The zero-order valence-electron chi connectivity index (χ0n) is 17.2. The van der Waals surface area contributed by atoms with E-state index in [1.54, 1.807) is 11.7 Å². The van der Waals surface area contributed by atoms with E-state index in [-0.39, 0.29) is 11.9 Å². The van der Waals surface area contributed by atoms with Gasteiger partial charge in [0.2, 0.25) is 0 Å². The lowest BCUT2D eigenvalue weighted by Gasteiger charge is -2.16. The Hall–Kier alpha value is -3.72. The number of aromatic nitrogens is 3. The highest BCUT2D eigenvalue weighted by Gasteiger charge is 2.20. The van der Waals surface area contributed by atoms with Crippen LogP contribution in [0.4, 0.5) is 4.79 Å². The van der Waals surface area contributed by atoms with E-state index in [2.05, 4.69) is 49.9 Å². The Morgan fingerprint density at radius 3 is 2.72 bits per heavy atom. The molecule has 0 bridgehead atoms. The van der Waals surface area contributed by atoms with Crippen LogP contribution in [0.1, 0.15) is 40.8 Å². The van der Waals surface area contributed by atoms with Crippen LogP contribution in [0.2, 0.25) is 0 Å². The lowest BCUT2D eigenvalue weighted by atomic mass is 10.1. The molecule has 0 saturated carbocycles. The smallest absolute Gasteiger partial charge is 0.404 e. The zero-order valence-corrected chi connectivity index (χ0v) is 18.1. The van der Waals surface area contributed by atoms with Crippen LogP contribution in [0, 0.1) is 0 Å². The van der Waals surface area contributed by atoms with E-state index in [1.165, 1.54) is 22.9 Å². The lowest BCUT2D eigenvalue weighted by molar-refractivity contribution is 0.0936. The average Bonchev–Trinajstić information content (AvgIpc) is 3.50. The van der Waals surface area contributed by atoms with Gasteiger partial charge < -0.3 is 20.7 Å². The first-order valence-corrected chi connectivity index (χ1v) is 11.2. The standard InChI is InChI=1S/C23H23N5O3S/c29-22(20-13-24-14-32-20)28-18(7-3-4-10-25-23(30)31)21-26-12-19(27-21)17-9-8-15-5-1-2-6-16(15)11-17/h1-2,5-6,8-9,11-14,18,25H,3-4,7,10H2,(H,26,27)(H,28,29)(H,30,31). The summed E-state index contributed by atoms with van der Waals surface area (Å²) in [4.78, 5) is 35.6. The fraction of sp³-hybridized carbons (Fsp3) is 0.217. The van der Waals surface area contributed by atoms with Crippen molar-refractivity contribution in [2.45, 2.75) is 25.3 Å². The number of carbonyl (C=O) groups excluding carboxylic acids is 1. The number of carbonyl (C=O) groups is 2. The van der Waals surface area contributed by atoms with Crippen molar-refractivity contribution < 1.29 is 14.7 Å². The SMILES string of the molecule is O=C(O)NCCCCC(NC(=O)c1cncs1)c1ncc(-c2ccc3ccccc3c2)[nH]1. The van der Waals surface area contributed by atoms with Crippen molar-refractivity contribution in [1.29, 1.82) is 0 Å². The molecule has 2 amide bonds. The normalized spacial score (nSPS) is 11.9. The molecule has 0 aliphatic heterocycles. The van der Waals surface area contributed by atoms with Crippen molar-refractivity contribution in [3.63, 3.8) is 0 Å². The molecule has 4 rings (SSSR count). The topological polar surface area (TPSA) is 120 Å². The average molecular weight is 450 g/mol. The van der Waals surface area contributed by atoms with Gasteiger partial charge in [-0.05, 0) is 36.1 Å². The zero-order chi connectivity index (χ0) is 22.3. The Bertz CT molecular complexity index is 1210. The maximum atomic E-state index is 12.6. The van der Waals surface area contributed by atoms with E-state index in [1.807, 2.05) is 18.2 Å². The third kappa shape index (κ3) is 5.30. The Balaban J connectivity index is 1.51. The lowest BCUT2D eigenvalue weighted by Crippen LogP contribution is -2.29. The van der Waals surface area contributed by atoms with E-state index in [0.717, 1.165) is 23.1 Å². The molecule has 1 unspecified atom stereocenters. The van der Waals surface area contributed by atoms with Gasteiger partial charge in [0.25, 0.3) is 5.91 Å². The first-order valence-electron chi connectivity index (χ1n) is 10.3. The van der Waals surface area contributed by atoms with E-state index in [9.17, 15) is 9.59 Å². The summed E-state index contributed by atoms with van der Waals surface area (Å²) in [7, 11) is 0. The van der Waals surface area contributed by atoms with Crippen molar-refractivity contribution in [2.75, 3.05) is 6.54 Å². The molecule has 2 aromatic heterocycles. The quantitative estimate of drug-likeness (QED) is 0.279. The van der Waals surface area contributed by atoms with Gasteiger partial charge in [-0.15, -0.1) is 11.3 Å². The Labute approximate surface area is 188 Å². The number of amides is 2. The summed E-state index contributed by atoms with van der Waals surface area (Å²) in [6.45, 7) is 0.366. The van der Waals surface area contributed by atoms with Gasteiger partial charge in [-0.25, -0.2) is 9.78 Å². The number of carboxylic acid groups (broad SMARTS) is 1. The molecule has 0 radical (unpaired) electrons. The van der Waals surface area contributed by atoms with Crippen LogP contribution in [-0.4, -0.2) is 38.6 Å². The number of thiazole rings is 1. The van der Waals surface area contributed by atoms with Crippen LogP contribution in [0.15, 0.2) is 60.4 Å². The minimum absolute atomic E-state index is 0.204. The molecule has 0 fully saturated rings. The highest BCUT2D eigenvalue weighted by molar-refractivity contribution is 7.11. The van der Waals surface area contributed by atoms with Crippen LogP contribution in [0.25, 0.3) is 22.0 Å². The summed E-state index contributed by atoms with van der Waals surface area (Å²) in [6, 6.07) is 14.1. The predicted molar refractivity (Wildman–Crippen MR) is 124 cm³/mol. The summed E-state index contributed by atoms with van der Waals surface area (Å²) in [5.41, 5.74) is 3.50. The van der Waals surface area contributed by atoms with Crippen molar-refractivity contribution >= 4 is 34.1 Å². The summed E-state index contributed by atoms with van der Waals surface area (Å²) in [6.07, 6.45) is 4.29. The monoisotopic (exact) mass is 449 g/mol. The summed E-state index contributed by atoms with van der Waals surface area (Å²) in [5, 5.41) is 16.4. The van der Waals surface area contributed by atoms with Gasteiger partial charge in [0.1, 0.15) is 10.7 Å². The molecule has 9 heteroatoms. The van der Waals surface area contributed by atoms with Crippen LogP contribution < -0.4 is 10.6 Å². The van der Waals surface area contributed by atoms with Gasteiger partial charge in [0.05, 0.1) is 29.6 Å². The molecule has 0 spiro atoms. The number of benzene rings is 2. The minimum Gasteiger partial charge on any atom is -0.465 e. The number of imidazole rings is 1. The van der Waals surface area contributed by atoms with Gasteiger partial charge in [0, 0.05) is 12.1 Å². The van der Waals surface area contributed by atoms with Crippen molar-refractivity contribution in [2.24, 2.45) is 0 Å². The number of fused-ring (bicyclic) bond motifs is 1. The van der Waals surface area contributed by atoms with Crippen LogP contribution >= 0.6 is 11.3 Å². The number of H-pyrrole nitrogens is 1. The largest absolute Gasteiger partial charge is 0.465 e. The maximum absolute atomic E-state index is 12.6. The molecule has 1 atom stereocenters. The Morgan fingerprint density at radius 1 is 1.09 bits per heavy atom. The second kappa shape index (κ2) is 10.1. The molecule has 32 heavy (non-hydrogen) atoms. The molecule has 2 heterocycles. The molecule has 4 aromatic rings. The van der Waals surface area contributed by atoms with Crippen molar-refractivity contribution in [3.8, 4) is 11.3 Å². The van der Waals surface area contributed by atoms with E-state index in [0.29, 0.717) is 30.1 Å². The number of aromatic amines is 1. The molecule has 4 N–H and O–H groups in total. The molecule has 0 aliphatic carbocycles.